The number of hydrogen-bond donors (Lipinski definition) is 0. The molecule has 3 heteroatoms. The molecule has 1 aliphatic heterocycles. The summed E-state index contributed by atoms with van der Waals surface area (Å²) >= 11 is 0. The molecule has 0 aliphatic carbocycles. The van der Waals surface area contributed by atoms with Gasteiger partial charge in [0.2, 0.25) is 0 Å². The Kier molecular flexibility index (Phi) is 5.41. The lowest BCUT2D eigenvalue weighted by Crippen LogP contribution is -2.25. The Labute approximate surface area is 145 Å². The van der Waals surface area contributed by atoms with Crippen LogP contribution in [0.15, 0.2) is 36.4 Å². The summed E-state index contributed by atoms with van der Waals surface area (Å²) in [6, 6.07) is 12.6. The molecule has 1 saturated heterocycles. The maximum atomic E-state index is 6.03. The average molecular weight is 325 g/mol. The standard InChI is InChI=1S/C21H27NO2/c1-16-7-6-8-17(2)21(16)18-13-19(23-3)15-20(14-18)24-12-11-22-9-4-5-10-22/h6-8,13-15H,4-5,9-12H2,1-3H3. The summed E-state index contributed by atoms with van der Waals surface area (Å²) < 4.78 is 11.5. The lowest BCUT2D eigenvalue weighted by atomic mass is 9.95. The molecule has 0 saturated carbocycles. The molecule has 0 atom stereocenters. The fourth-order valence-corrected chi connectivity index (χ4v) is 3.49. The van der Waals surface area contributed by atoms with E-state index in [0.717, 1.165) is 30.2 Å². The summed E-state index contributed by atoms with van der Waals surface area (Å²) in [5, 5.41) is 0. The van der Waals surface area contributed by atoms with E-state index in [2.05, 4.69) is 49.1 Å². The van der Waals surface area contributed by atoms with Gasteiger partial charge in [-0.25, -0.2) is 0 Å². The van der Waals surface area contributed by atoms with Gasteiger partial charge in [0.1, 0.15) is 18.1 Å². The molecule has 2 aromatic carbocycles. The highest BCUT2D eigenvalue weighted by molar-refractivity contribution is 5.73. The highest BCUT2D eigenvalue weighted by Gasteiger charge is 2.12. The molecule has 0 N–H and O–H groups in total. The van der Waals surface area contributed by atoms with E-state index in [1.165, 1.54) is 42.6 Å². The van der Waals surface area contributed by atoms with Gasteiger partial charge in [0.15, 0.2) is 0 Å². The van der Waals surface area contributed by atoms with Crippen LogP contribution in [-0.4, -0.2) is 38.3 Å². The Morgan fingerprint density at radius 1 is 0.958 bits per heavy atom. The van der Waals surface area contributed by atoms with E-state index < -0.39 is 0 Å². The molecular formula is C21H27NO2. The largest absolute Gasteiger partial charge is 0.497 e. The number of aryl methyl sites for hydroxylation is 2. The van der Waals surface area contributed by atoms with E-state index in [1.807, 2.05) is 6.07 Å². The van der Waals surface area contributed by atoms with Crippen molar-refractivity contribution in [3.8, 4) is 22.6 Å². The van der Waals surface area contributed by atoms with Crippen LogP contribution in [-0.2, 0) is 0 Å². The first-order valence-corrected chi connectivity index (χ1v) is 8.78. The van der Waals surface area contributed by atoms with Crippen LogP contribution in [0.3, 0.4) is 0 Å². The van der Waals surface area contributed by atoms with Crippen LogP contribution in [0.1, 0.15) is 24.0 Å². The highest BCUT2D eigenvalue weighted by Crippen LogP contribution is 2.33. The van der Waals surface area contributed by atoms with Gasteiger partial charge in [0, 0.05) is 12.6 Å². The minimum absolute atomic E-state index is 0.722. The van der Waals surface area contributed by atoms with Crippen molar-refractivity contribution in [2.24, 2.45) is 0 Å². The molecule has 0 spiro atoms. The summed E-state index contributed by atoms with van der Waals surface area (Å²) in [5.41, 5.74) is 4.96. The monoisotopic (exact) mass is 325 g/mol. The zero-order chi connectivity index (χ0) is 16.9. The summed E-state index contributed by atoms with van der Waals surface area (Å²) in [6.45, 7) is 8.42. The summed E-state index contributed by atoms with van der Waals surface area (Å²) in [7, 11) is 1.71. The van der Waals surface area contributed by atoms with Crippen molar-refractivity contribution in [1.29, 1.82) is 0 Å². The second kappa shape index (κ2) is 7.71. The zero-order valence-electron chi connectivity index (χ0n) is 15.0. The van der Waals surface area contributed by atoms with Crippen LogP contribution < -0.4 is 9.47 Å². The van der Waals surface area contributed by atoms with Gasteiger partial charge < -0.3 is 9.47 Å². The van der Waals surface area contributed by atoms with Gasteiger partial charge in [-0.15, -0.1) is 0 Å². The Balaban J connectivity index is 1.80. The molecule has 0 amide bonds. The smallest absolute Gasteiger partial charge is 0.123 e. The molecule has 2 aromatic rings. The fourth-order valence-electron chi connectivity index (χ4n) is 3.49. The van der Waals surface area contributed by atoms with Crippen molar-refractivity contribution in [3.05, 3.63) is 47.5 Å². The molecule has 3 rings (SSSR count). The first kappa shape index (κ1) is 16.8. The number of benzene rings is 2. The molecule has 0 radical (unpaired) electrons. The van der Waals surface area contributed by atoms with Crippen molar-refractivity contribution >= 4 is 0 Å². The summed E-state index contributed by atoms with van der Waals surface area (Å²) in [6.07, 6.45) is 2.63. The van der Waals surface area contributed by atoms with Crippen LogP contribution in [0.25, 0.3) is 11.1 Å². The van der Waals surface area contributed by atoms with Crippen molar-refractivity contribution in [2.45, 2.75) is 26.7 Å². The predicted molar refractivity (Wildman–Crippen MR) is 99.1 cm³/mol. The van der Waals surface area contributed by atoms with Gasteiger partial charge in [0.25, 0.3) is 0 Å². The van der Waals surface area contributed by atoms with Crippen LogP contribution >= 0.6 is 0 Å². The topological polar surface area (TPSA) is 21.7 Å². The van der Waals surface area contributed by atoms with Crippen molar-refractivity contribution in [2.75, 3.05) is 33.4 Å². The van der Waals surface area contributed by atoms with Crippen molar-refractivity contribution in [1.82, 2.24) is 4.90 Å². The Hall–Kier alpha value is -2.00. The van der Waals surface area contributed by atoms with Crippen LogP contribution in [0.2, 0.25) is 0 Å². The van der Waals surface area contributed by atoms with Crippen molar-refractivity contribution < 1.29 is 9.47 Å². The Morgan fingerprint density at radius 3 is 2.29 bits per heavy atom. The maximum absolute atomic E-state index is 6.03. The zero-order valence-corrected chi connectivity index (χ0v) is 15.0. The number of hydrogen-bond acceptors (Lipinski definition) is 3. The lowest BCUT2D eigenvalue weighted by molar-refractivity contribution is 0.237. The van der Waals surface area contributed by atoms with Gasteiger partial charge in [-0.05, 0) is 74.2 Å². The van der Waals surface area contributed by atoms with E-state index in [-0.39, 0.29) is 0 Å². The molecule has 1 heterocycles. The Morgan fingerprint density at radius 2 is 1.62 bits per heavy atom. The normalized spacial score (nSPS) is 14.8. The number of likely N-dealkylation sites (tertiary alicyclic amines) is 1. The summed E-state index contributed by atoms with van der Waals surface area (Å²) in [4.78, 5) is 2.46. The van der Waals surface area contributed by atoms with Crippen LogP contribution in [0.4, 0.5) is 0 Å². The van der Waals surface area contributed by atoms with Gasteiger partial charge in [-0.1, -0.05) is 18.2 Å². The molecule has 0 aromatic heterocycles. The lowest BCUT2D eigenvalue weighted by Gasteiger charge is -2.17. The number of ether oxygens (including phenoxy) is 2. The molecule has 1 aliphatic rings. The average Bonchev–Trinajstić information content (AvgIpc) is 3.08. The molecule has 128 valence electrons. The predicted octanol–water partition coefficient (Wildman–Crippen LogP) is 4.45. The highest BCUT2D eigenvalue weighted by atomic mass is 16.5. The minimum Gasteiger partial charge on any atom is -0.497 e. The fraction of sp³-hybridized carbons (Fsp3) is 0.429. The summed E-state index contributed by atoms with van der Waals surface area (Å²) in [5.74, 6) is 1.72. The van der Waals surface area contributed by atoms with Gasteiger partial charge in [-0.3, -0.25) is 4.90 Å². The molecule has 0 unspecified atom stereocenters. The maximum Gasteiger partial charge on any atom is 0.123 e. The molecule has 3 nitrogen and oxygen atoms in total. The molecule has 0 bridgehead atoms. The number of nitrogens with zero attached hydrogens (tertiary/aromatic N) is 1. The second-order valence-electron chi connectivity index (χ2n) is 6.56. The quantitative estimate of drug-likeness (QED) is 0.783. The van der Waals surface area contributed by atoms with E-state index in [0.29, 0.717) is 0 Å². The SMILES string of the molecule is COc1cc(OCCN2CCCC2)cc(-c2c(C)cccc2C)c1. The van der Waals surface area contributed by atoms with Gasteiger partial charge in [0.05, 0.1) is 7.11 Å². The number of rotatable bonds is 6. The van der Waals surface area contributed by atoms with E-state index in [9.17, 15) is 0 Å². The third kappa shape index (κ3) is 3.90. The van der Waals surface area contributed by atoms with E-state index in [4.69, 9.17) is 9.47 Å². The minimum atomic E-state index is 0.722. The first-order chi connectivity index (χ1) is 11.7. The van der Waals surface area contributed by atoms with Crippen molar-refractivity contribution in [3.63, 3.8) is 0 Å². The molecular weight excluding hydrogens is 298 g/mol. The van der Waals surface area contributed by atoms with E-state index in [1.54, 1.807) is 7.11 Å². The number of methoxy groups -OCH3 is 1. The Bertz CT molecular complexity index is 670. The first-order valence-electron chi connectivity index (χ1n) is 8.78. The third-order valence-electron chi connectivity index (χ3n) is 4.76. The third-order valence-corrected chi connectivity index (χ3v) is 4.76. The molecule has 1 fully saturated rings. The van der Waals surface area contributed by atoms with Gasteiger partial charge >= 0.3 is 0 Å². The van der Waals surface area contributed by atoms with Gasteiger partial charge in [-0.2, -0.15) is 0 Å². The van der Waals surface area contributed by atoms with E-state index >= 15 is 0 Å². The molecule has 24 heavy (non-hydrogen) atoms. The van der Waals surface area contributed by atoms with Crippen LogP contribution in [0, 0.1) is 13.8 Å². The second-order valence-corrected chi connectivity index (χ2v) is 6.56. The van der Waals surface area contributed by atoms with Crippen LogP contribution in [0.5, 0.6) is 11.5 Å².